The van der Waals surface area contributed by atoms with E-state index in [4.69, 9.17) is 0 Å². The first-order valence-corrected chi connectivity index (χ1v) is 8.19. The molecule has 0 saturated carbocycles. The van der Waals surface area contributed by atoms with Gasteiger partial charge in [-0.3, -0.25) is 14.9 Å². The Hall–Kier alpha value is -1.75. The molecule has 0 aromatic heterocycles. The molecule has 0 aliphatic rings. The summed E-state index contributed by atoms with van der Waals surface area (Å²) in [4.78, 5) is 25.1. The number of rotatable bonds is 7. The lowest BCUT2D eigenvalue weighted by molar-refractivity contribution is -0.385. The maximum Gasteiger partial charge on any atom is 0.283 e. The zero-order chi connectivity index (χ0) is 17.8. The monoisotopic (exact) mass is 380 g/mol. The highest BCUT2D eigenvalue weighted by Gasteiger charge is 2.31. The van der Waals surface area contributed by atoms with E-state index in [1.54, 1.807) is 19.0 Å². The molecular formula is C13H21ClN4O5S. The number of nitrogens with zero attached hydrogens (tertiary/aromatic N) is 3. The normalized spacial score (nSPS) is 11.0. The summed E-state index contributed by atoms with van der Waals surface area (Å²) in [7, 11) is 2.31. The summed E-state index contributed by atoms with van der Waals surface area (Å²) in [6.07, 6.45) is 0. The predicted molar refractivity (Wildman–Crippen MR) is 92.1 cm³/mol. The second-order valence-electron chi connectivity index (χ2n) is 5.31. The van der Waals surface area contributed by atoms with Gasteiger partial charge in [0, 0.05) is 33.3 Å². The van der Waals surface area contributed by atoms with Crippen molar-refractivity contribution in [3.63, 3.8) is 0 Å². The summed E-state index contributed by atoms with van der Waals surface area (Å²) in [6, 6.07) is 3.53. The van der Waals surface area contributed by atoms with E-state index >= 15 is 0 Å². The van der Waals surface area contributed by atoms with Crippen molar-refractivity contribution < 1.29 is 18.1 Å². The lowest BCUT2D eigenvalue weighted by Crippen LogP contribution is -2.33. The third kappa shape index (κ3) is 5.41. The Morgan fingerprint density at radius 2 is 1.83 bits per heavy atom. The van der Waals surface area contributed by atoms with E-state index < -0.39 is 37.0 Å². The average molecular weight is 381 g/mol. The SMILES string of the molecule is CN(C)CCNS(=O)(=O)c1cccc([N+](=O)[O-])c1C(=O)N(C)C.Cl. The van der Waals surface area contributed by atoms with Gasteiger partial charge in [0.05, 0.1) is 4.92 Å². The van der Waals surface area contributed by atoms with Crippen LogP contribution in [-0.2, 0) is 10.0 Å². The molecule has 0 fully saturated rings. The van der Waals surface area contributed by atoms with Crippen LogP contribution in [0.25, 0.3) is 0 Å². The minimum atomic E-state index is -4.05. The van der Waals surface area contributed by atoms with Gasteiger partial charge in [-0.15, -0.1) is 12.4 Å². The highest BCUT2D eigenvalue weighted by molar-refractivity contribution is 7.89. The van der Waals surface area contributed by atoms with Crippen LogP contribution in [-0.4, -0.2) is 70.3 Å². The van der Waals surface area contributed by atoms with Crippen molar-refractivity contribution in [1.82, 2.24) is 14.5 Å². The number of amides is 1. The van der Waals surface area contributed by atoms with Gasteiger partial charge >= 0.3 is 0 Å². The summed E-state index contributed by atoms with van der Waals surface area (Å²) in [5.41, 5.74) is -0.987. The van der Waals surface area contributed by atoms with Gasteiger partial charge < -0.3 is 9.80 Å². The molecule has 1 N–H and O–H groups in total. The molecule has 0 atom stereocenters. The maximum atomic E-state index is 12.4. The Morgan fingerprint density at radius 3 is 2.29 bits per heavy atom. The first-order chi connectivity index (χ1) is 10.6. The van der Waals surface area contributed by atoms with E-state index in [1.807, 2.05) is 0 Å². The van der Waals surface area contributed by atoms with Crippen LogP contribution in [0.1, 0.15) is 10.4 Å². The highest BCUT2D eigenvalue weighted by atomic mass is 35.5. The van der Waals surface area contributed by atoms with Gasteiger partial charge in [-0.2, -0.15) is 0 Å². The van der Waals surface area contributed by atoms with Gasteiger partial charge in [0.2, 0.25) is 10.0 Å². The third-order valence-electron chi connectivity index (χ3n) is 2.96. The summed E-state index contributed by atoms with van der Waals surface area (Å²) >= 11 is 0. The van der Waals surface area contributed by atoms with Crippen molar-refractivity contribution >= 4 is 34.0 Å². The van der Waals surface area contributed by atoms with Crippen LogP contribution in [0.5, 0.6) is 0 Å². The second kappa shape index (κ2) is 8.92. The lowest BCUT2D eigenvalue weighted by Gasteiger charge is -2.15. The molecule has 1 amide bonds. The standard InChI is InChI=1S/C13H20N4O5S.ClH/c1-15(2)9-8-14-23(21,22)11-7-5-6-10(17(19)20)12(11)13(18)16(3)4;/h5-7,14H,8-9H2,1-4H3;1H. The number of hydrogen-bond acceptors (Lipinski definition) is 6. The Balaban J connectivity index is 0.00000529. The molecule has 0 aliphatic heterocycles. The molecule has 136 valence electrons. The van der Waals surface area contributed by atoms with E-state index in [2.05, 4.69) is 4.72 Å². The van der Waals surface area contributed by atoms with Crippen LogP contribution in [0.15, 0.2) is 23.1 Å². The van der Waals surface area contributed by atoms with Crippen molar-refractivity contribution in [2.75, 3.05) is 41.3 Å². The molecule has 1 rings (SSSR count). The maximum absolute atomic E-state index is 12.4. The molecule has 1 aromatic carbocycles. The lowest BCUT2D eigenvalue weighted by atomic mass is 10.1. The fourth-order valence-electron chi connectivity index (χ4n) is 1.82. The van der Waals surface area contributed by atoms with Crippen molar-refractivity contribution in [1.29, 1.82) is 0 Å². The van der Waals surface area contributed by atoms with Gasteiger partial charge in [-0.25, -0.2) is 13.1 Å². The molecule has 9 nitrogen and oxygen atoms in total. The largest absolute Gasteiger partial charge is 0.345 e. The van der Waals surface area contributed by atoms with Gasteiger partial charge in [-0.05, 0) is 20.2 Å². The van der Waals surface area contributed by atoms with Crippen molar-refractivity contribution in [3.8, 4) is 0 Å². The van der Waals surface area contributed by atoms with Gasteiger partial charge in [0.1, 0.15) is 10.5 Å². The van der Waals surface area contributed by atoms with E-state index in [-0.39, 0.29) is 19.0 Å². The van der Waals surface area contributed by atoms with Crippen LogP contribution >= 0.6 is 12.4 Å². The van der Waals surface area contributed by atoms with Gasteiger partial charge in [-0.1, -0.05) is 6.07 Å². The first kappa shape index (κ1) is 22.2. The van der Waals surface area contributed by atoms with Gasteiger partial charge in [0.25, 0.3) is 11.6 Å². The number of hydrogen-bond donors (Lipinski definition) is 1. The van der Waals surface area contributed by atoms with Crippen molar-refractivity contribution in [3.05, 3.63) is 33.9 Å². The fourth-order valence-corrected chi connectivity index (χ4v) is 3.05. The third-order valence-corrected chi connectivity index (χ3v) is 4.46. The molecule has 0 saturated heterocycles. The number of carbonyl (C=O) groups excluding carboxylic acids is 1. The Kier molecular flexibility index (Phi) is 8.27. The summed E-state index contributed by atoms with van der Waals surface area (Å²) in [5, 5.41) is 11.1. The first-order valence-electron chi connectivity index (χ1n) is 6.71. The Morgan fingerprint density at radius 1 is 1.25 bits per heavy atom. The zero-order valence-electron chi connectivity index (χ0n) is 13.8. The molecule has 24 heavy (non-hydrogen) atoms. The highest BCUT2D eigenvalue weighted by Crippen LogP contribution is 2.26. The van der Waals surface area contributed by atoms with Crippen LogP contribution in [0.3, 0.4) is 0 Å². The summed E-state index contributed by atoms with van der Waals surface area (Å²) < 4.78 is 27.2. The molecule has 0 radical (unpaired) electrons. The zero-order valence-corrected chi connectivity index (χ0v) is 15.5. The van der Waals surface area contributed by atoms with Crippen LogP contribution in [0.4, 0.5) is 5.69 Å². The van der Waals surface area contributed by atoms with Crippen molar-refractivity contribution in [2.45, 2.75) is 4.90 Å². The second-order valence-corrected chi connectivity index (χ2v) is 7.04. The Labute approximate surface area is 147 Å². The minimum absolute atomic E-state index is 0. The smallest absolute Gasteiger partial charge is 0.283 e. The minimum Gasteiger partial charge on any atom is -0.345 e. The number of likely N-dealkylation sites (N-methyl/N-ethyl adjacent to an activating group) is 1. The summed E-state index contributed by atoms with van der Waals surface area (Å²) in [6.45, 7) is 0.568. The Bertz CT molecular complexity index is 706. The molecule has 11 heteroatoms. The number of benzene rings is 1. The molecule has 0 bridgehead atoms. The molecular weight excluding hydrogens is 360 g/mol. The van der Waals surface area contributed by atoms with Crippen molar-refractivity contribution in [2.24, 2.45) is 0 Å². The van der Waals surface area contributed by atoms with E-state index in [0.29, 0.717) is 6.54 Å². The molecule has 0 aliphatic carbocycles. The van der Waals surface area contributed by atoms with Crippen LogP contribution < -0.4 is 4.72 Å². The molecule has 0 spiro atoms. The van der Waals surface area contributed by atoms with E-state index in [9.17, 15) is 23.3 Å². The number of nitrogens with one attached hydrogen (secondary N) is 1. The molecule has 1 aromatic rings. The van der Waals surface area contributed by atoms with Crippen LogP contribution in [0, 0.1) is 10.1 Å². The quantitative estimate of drug-likeness (QED) is 0.546. The van der Waals surface area contributed by atoms with Crippen LogP contribution in [0.2, 0.25) is 0 Å². The molecule has 0 heterocycles. The average Bonchev–Trinajstić information content (AvgIpc) is 2.44. The number of halogens is 1. The van der Waals surface area contributed by atoms with Gasteiger partial charge in [0.15, 0.2) is 0 Å². The van der Waals surface area contributed by atoms with E-state index in [0.717, 1.165) is 11.0 Å². The number of sulfonamides is 1. The molecule has 0 unspecified atom stereocenters. The summed E-state index contributed by atoms with van der Waals surface area (Å²) in [5.74, 6) is -0.745. The van der Waals surface area contributed by atoms with E-state index in [1.165, 1.54) is 26.2 Å². The number of carbonyl (C=O) groups is 1. The topological polar surface area (TPSA) is 113 Å². The fraction of sp³-hybridized carbons (Fsp3) is 0.462. The number of nitro groups is 1. The number of nitro benzene ring substituents is 1. The predicted octanol–water partition coefficient (Wildman–Crippen LogP) is 0.558.